The summed E-state index contributed by atoms with van der Waals surface area (Å²) in [6.07, 6.45) is -4.09. The van der Waals surface area contributed by atoms with Crippen molar-refractivity contribution in [2.45, 2.75) is 25.6 Å². The van der Waals surface area contributed by atoms with Crippen LogP contribution in [0.15, 0.2) is 0 Å². The second-order valence-corrected chi connectivity index (χ2v) is 4.59. The highest BCUT2D eigenvalue weighted by atomic mass is 19.4. The van der Waals surface area contributed by atoms with Crippen molar-refractivity contribution in [2.24, 2.45) is 0 Å². The van der Waals surface area contributed by atoms with Crippen LogP contribution in [0.3, 0.4) is 0 Å². The SMILES string of the molecule is CN1CCN(CC(F)(F)F)C(C)(C)C1. The molecule has 5 heteroatoms. The standard InChI is InChI=1S/C9H17F3N2/c1-8(2)6-13(3)4-5-14(8)7-9(10,11)12/h4-7H2,1-3H3. The summed E-state index contributed by atoms with van der Waals surface area (Å²) in [5.74, 6) is 0. The minimum atomic E-state index is -4.09. The Morgan fingerprint density at radius 1 is 1.21 bits per heavy atom. The predicted octanol–water partition coefficient (Wildman–Crippen LogP) is 1.57. The van der Waals surface area contributed by atoms with Gasteiger partial charge in [-0.25, -0.2) is 0 Å². The molecule has 0 amide bonds. The summed E-state index contributed by atoms with van der Waals surface area (Å²) in [4.78, 5) is 3.57. The average molecular weight is 210 g/mol. The van der Waals surface area contributed by atoms with Gasteiger partial charge in [0.2, 0.25) is 0 Å². The molecule has 0 bridgehead atoms. The summed E-state index contributed by atoms with van der Waals surface area (Å²) in [5, 5.41) is 0. The molecule has 1 heterocycles. The molecule has 1 aliphatic rings. The Morgan fingerprint density at radius 2 is 1.79 bits per heavy atom. The van der Waals surface area contributed by atoms with E-state index in [9.17, 15) is 13.2 Å². The van der Waals surface area contributed by atoms with Gasteiger partial charge in [-0.2, -0.15) is 13.2 Å². The number of alkyl halides is 3. The van der Waals surface area contributed by atoms with E-state index in [4.69, 9.17) is 0 Å². The zero-order valence-electron chi connectivity index (χ0n) is 8.86. The molecule has 84 valence electrons. The molecule has 0 spiro atoms. The number of likely N-dealkylation sites (N-methyl/N-ethyl adjacent to an activating group) is 1. The quantitative estimate of drug-likeness (QED) is 0.648. The first-order chi connectivity index (χ1) is 6.21. The Hall–Kier alpha value is -0.290. The number of nitrogens with zero attached hydrogens (tertiary/aromatic N) is 2. The van der Waals surface area contributed by atoms with Crippen LogP contribution >= 0.6 is 0 Å². The van der Waals surface area contributed by atoms with E-state index in [-0.39, 0.29) is 5.54 Å². The molecule has 0 aliphatic carbocycles. The fourth-order valence-electron chi connectivity index (χ4n) is 1.94. The van der Waals surface area contributed by atoms with Crippen LogP contribution in [0, 0.1) is 0 Å². The van der Waals surface area contributed by atoms with Crippen molar-refractivity contribution < 1.29 is 13.2 Å². The van der Waals surface area contributed by atoms with Crippen molar-refractivity contribution in [3.8, 4) is 0 Å². The van der Waals surface area contributed by atoms with Gasteiger partial charge in [0.1, 0.15) is 0 Å². The maximum absolute atomic E-state index is 12.2. The van der Waals surface area contributed by atoms with E-state index >= 15 is 0 Å². The smallest absolute Gasteiger partial charge is 0.303 e. The van der Waals surface area contributed by atoms with Gasteiger partial charge in [-0.15, -0.1) is 0 Å². The van der Waals surface area contributed by atoms with Gasteiger partial charge in [-0.05, 0) is 20.9 Å². The van der Waals surface area contributed by atoms with Gasteiger partial charge in [-0.1, -0.05) is 0 Å². The number of piperazine rings is 1. The molecule has 1 aliphatic heterocycles. The van der Waals surface area contributed by atoms with Gasteiger partial charge in [0.15, 0.2) is 0 Å². The molecule has 1 saturated heterocycles. The highest BCUT2D eigenvalue weighted by Gasteiger charge is 2.39. The van der Waals surface area contributed by atoms with Crippen molar-refractivity contribution >= 4 is 0 Å². The Morgan fingerprint density at radius 3 is 2.21 bits per heavy atom. The molecule has 0 saturated carbocycles. The Labute approximate surface area is 82.7 Å². The van der Waals surface area contributed by atoms with Crippen LogP contribution in [0.5, 0.6) is 0 Å². The topological polar surface area (TPSA) is 6.48 Å². The highest BCUT2D eigenvalue weighted by molar-refractivity contribution is 4.89. The molecule has 14 heavy (non-hydrogen) atoms. The van der Waals surface area contributed by atoms with E-state index in [1.165, 1.54) is 4.90 Å². The summed E-state index contributed by atoms with van der Waals surface area (Å²) >= 11 is 0. The number of hydrogen-bond acceptors (Lipinski definition) is 2. The molecule has 1 rings (SSSR count). The van der Waals surface area contributed by atoms with Gasteiger partial charge >= 0.3 is 6.18 Å². The molecule has 0 aromatic rings. The number of rotatable bonds is 1. The van der Waals surface area contributed by atoms with Crippen LogP contribution in [0.1, 0.15) is 13.8 Å². The molecular weight excluding hydrogens is 193 g/mol. The Kier molecular flexibility index (Phi) is 3.11. The van der Waals surface area contributed by atoms with E-state index in [2.05, 4.69) is 4.90 Å². The van der Waals surface area contributed by atoms with Crippen LogP contribution in [-0.4, -0.2) is 54.7 Å². The largest absolute Gasteiger partial charge is 0.401 e. The minimum absolute atomic E-state index is 0.386. The molecule has 2 nitrogen and oxygen atoms in total. The monoisotopic (exact) mass is 210 g/mol. The second kappa shape index (κ2) is 3.70. The zero-order valence-corrected chi connectivity index (χ0v) is 8.86. The van der Waals surface area contributed by atoms with Crippen LogP contribution in [0.4, 0.5) is 13.2 Å². The normalized spacial score (nSPS) is 25.3. The van der Waals surface area contributed by atoms with Crippen molar-refractivity contribution in [2.75, 3.05) is 33.2 Å². The van der Waals surface area contributed by atoms with Gasteiger partial charge in [0, 0.05) is 25.2 Å². The van der Waals surface area contributed by atoms with E-state index in [1.54, 1.807) is 0 Å². The highest BCUT2D eigenvalue weighted by Crippen LogP contribution is 2.25. The molecule has 0 radical (unpaired) electrons. The average Bonchev–Trinajstić information content (AvgIpc) is 1.91. The third kappa shape index (κ3) is 3.13. The lowest BCUT2D eigenvalue weighted by Crippen LogP contribution is -2.60. The van der Waals surface area contributed by atoms with Crippen LogP contribution < -0.4 is 0 Å². The van der Waals surface area contributed by atoms with Gasteiger partial charge in [0.25, 0.3) is 0 Å². The first-order valence-electron chi connectivity index (χ1n) is 4.71. The molecule has 0 unspecified atom stereocenters. The van der Waals surface area contributed by atoms with Crippen LogP contribution in [0.25, 0.3) is 0 Å². The number of halogens is 3. The zero-order chi connectivity index (χ0) is 11.0. The van der Waals surface area contributed by atoms with Crippen molar-refractivity contribution in [3.05, 3.63) is 0 Å². The Balaban J connectivity index is 2.61. The number of hydrogen-bond donors (Lipinski definition) is 0. The molecule has 0 aromatic heterocycles. The van der Waals surface area contributed by atoms with Crippen molar-refractivity contribution in [3.63, 3.8) is 0 Å². The van der Waals surface area contributed by atoms with E-state index in [1.807, 2.05) is 20.9 Å². The summed E-state index contributed by atoms with van der Waals surface area (Å²) in [7, 11) is 1.94. The fourth-order valence-corrected chi connectivity index (χ4v) is 1.94. The summed E-state index contributed by atoms with van der Waals surface area (Å²) in [5.41, 5.74) is -0.386. The van der Waals surface area contributed by atoms with E-state index in [0.29, 0.717) is 19.6 Å². The fraction of sp³-hybridized carbons (Fsp3) is 1.00. The minimum Gasteiger partial charge on any atom is -0.303 e. The summed E-state index contributed by atoms with van der Waals surface area (Å²) in [6, 6.07) is 0. The maximum atomic E-state index is 12.2. The maximum Gasteiger partial charge on any atom is 0.401 e. The lowest BCUT2D eigenvalue weighted by Gasteiger charge is -2.46. The van der Waals surface area contributed by atoms with Gasteiger partial charge in [-0.3, -0.25) is 4.90 Å². The molecule has 1 fully saturated rings. The van der Waals surface area contributed by atoms with Crippen LogP contribution in [0.2, 0.25) is 0 Å². The lowest BCUT2D eigenvalue weighted by atomic mass is 9.99. The first-order valence-corrected chi connectivity index (χ1v) is 4.71. The van der Waals surface area contributed by atoms with E-state index < -0.39 is 12.7 Å². The van der Waals surface area contributed by atoms with Gasteiger partial charge < -0.3 is 4.90 Å². The second-order valence-electron chi connectivity index (χ2n) is 4.59. The molecule has 0 aromatic carbocycles. The first kappa shape index (κ1) is 11.8. The summed E-state index contributed by atoms with van der Waals surface area (Å²) in [6.45, 7) is 4.79. The van der Waals surface area contributed by atoms with Gasteiger partial charge in [0.05, 0.1) is 6.54 Å². The summed E-state index contributed by atoms with van der Waals surface area (Å²) < 4.78 is 36.7. The molecular formula is C9H17F3N2. The molecule has 0 N–H and O–H groups in total. The van der Waals surface area contributed by atoms with Crippen molar-refractivity contribution in [1.29, 1.82) is 0 Å². The third-order valence-corrected chi connectivity index (χ3v) is 2.63. The lowest BCUT2D eigenvalue weighted by molar-refractivity contribution is -0.163. The van der Waals surface area contributed by atoms with E-state index in [0.717, 1.165) is 0 Å². The van der Waals surface area contributed by atoms with Crippen LogP contribution in [-0.2, 0) is 0 Å². The molecule has 0 atom stereocenters. The predicted molar refractivity (Wildman–Crippen MR) is 49.2 cm³/mol. The van der Waals surface area contributed by atoms with Crippen molar-refractivity contribution in [1.82, 2.24) is 9.80 Å². The Bertz CT molecular complexity index is 201. The third-order valence-electron chi connectivity index (χ3n) is 2.63.